The largest absolute Gasteiger partial charge is 0.376 e. The van der Waals surface area contributed by atoms with Crippen LogP contribution in [0, 0.1) is 12.8 Å². The highest BCUT2D eigenvalue weighted by atomic mass is 35.5. The van der Waals surface area contributed by atoms with E-state index in [1.165, 1.54) is 5.22 Å². The zero-order chi connectivity index (χ0) is 25.9. The highest BCUT2D eigenvalue weighted by molar-refractivity contribution is 6.30. The van der Waals surface area contributed by atoms with Gasteiger partial charge in [-0.3, -0.25) is 9.59 Å². The molecule has 5 rings (SSSR count). The Kier molecular flexibility index (Phi) is 7.87. The van der Waals surface area contributed by atoms with Gasteiger partial charge in [0.2, 0.25) is 0 Å². The van der Waals surface area contributed by atoms with Crippen molar-refractivity contribution in [3.05, 3.63) is 68.5 Å². The maximum Gasteiger partial charge on any atom is 0.253 e. The SMILES string of the molecule is Cc1c(C(=O)NCC2CCCCO2)ccc2c1=CN(CC1CN(C(=O)c3ccc(Cl)cc3)C1)C(C)CC=2. The molecule has 7 heteroatoms. The van der Waals surface area contributed by atoms with E-state index in [9.17, 15) is 9.59 Å². The van der Waals surface area contributed by atoms with Gasteiger partial charge in [0.1, 0.15) is 0 Å². The van der Waals surface area contributed by atoms with Gasteiger partial charge in [0.25, 0.3) is 11.8 Å². The maximum atomic E-state index is 13.0. The van der Waals surface area contributed by atoms with Gasteiger partial charge in [0.15, 0.2) is 0 Å². The number of hydrogen-bond acceptors (Lipinski definition) is 4. The van der Waals surface area contributed by atoms with E-state index in [1.807, 2.05) is 17.9 Å². The fraction of sp³-hybridized carbons (Fsp3) is 0.467. The van der Waals surface area contributed by atoms with Crippen LogP contribution in [-0.2, 0) is 4.74 Å². The number of benzene rings is 2. The second-order valence-corrected chi connectivity index (χ2v) is 11.1. The Bertz CT molecular complexity index is 1260. The highest BCUT2D eigenvalue weighted by Crippen LogP contribution is 2.23. The molecule has 0 spiro atoms. The number of carbonyl (C=O) groups excluding carboxylic acids is 2. The molecule has 0 aliphatic carbocycles. The third kappa shape index (κ3) is 5.86. The van der Waals surface area contributed by atoms with Crippen molar-refractivity contribution in [2.45, 2.75) is 51.7 Å². The van der Waals surface area contributed by atoms with Crippen molar-refractivity contribution in [1.29, 1.82) is 0 Å². The normalized spacial score (nSPS) is 21.7. The first-order chi connectivity index (χ1) is 17.9. The Morgan fingerprint density at radius 3 is 2.62 bits per heavy atom. The quantitative estimate of drug-likeness (QED) is 0.633. The van der Waals surface area contributed by atoms with Gasteiger partial charge < -0.3 is 19.9 Å². The molecular weight excluding hydrogens is 486 g/mol. The molecular formula is C30H36ClN3O3. The first-order valence-corrected chi connectivity index (χ1v) is 13.8. The molecule has 1 N–H and O–H groups in total. The molecule has 196 valence electrons. The molecule has 37 heavy (non-hydrogen) atoms. The molecule has 6 nitrogen and oxygen atoms in total. The number of ether oxygens (including phenoxy) is 1. The lowest BCUT2D eigenvalue weighted by Crippen LogP contribution is -2.54. The lowest BCUT2D eigenvalue weighted by molar-refractivity contribution is 0.0169. The smallest absolute Gasteiger partial charge is 0.253 e. The first-order valence-electron chi connectivity index (χ1n) is 13.4. The van der Waals surface area contributed by atoms with Crippen LogP contribution in [0.1, 0.15) is 58.9 Å². The third-order valence-corrected chi connectivity index (χ3v) is 8.15. The molecule has 3 heterocycles. The van der Waals surface area contributed by atoms with Crippen LogP contribution >= 0.6 is 11.6 Å². The molecule has 2 aromatic carbocycles. The standard InChI is InChI=1S/C30H36ClN3O3/c1-20-6-7-23-10-13-27(29(35)32-15-26-5-3-4-14-37-26)21(2)28(23)19-33(20)16-22-17-34(18-22)30(36)24-8-11-25(31)12-9-24/h7-13,19-20,22,26H,3-6,14-18H2,1-2H3,(H,32,35). The van der Waals surface area contributed by atoms with Gasteiger partial charge in [-0.25, -0.2) is 0 Å². The van der Waals surface area contributed by atoms with Gasteiger partial charge in [-0.2, -0.15) is 0 Å². The zero-order valence-corrected chi connectivity index (χ0v) is 22.5. The molecule has 3 aliphatic rings. The van der Waals surface area contributed by atoms with Crippen LogP contribution in [0.5, 0.6) is 0 Å². The highest BCUT2D eigenvalue weighted by Gasteiger charge is 2.33. The molecule has 2 saturated heterocycles. The minimum absolute atomic E-state index is 0.0398. The van der Waals surface area contributed by atoms with Gasteiger partial charge in [0, 0.05) is 72.3 Å². The van der Waals surface area contributed by atoms with Crippen molar-refractivity contribution >= 4 is 35.7 Å². The zero-order valence-electron chi connectivity index (χ0n) is 21.7. The summed E-state index contributed by atoms with van der Waals surface area (Å²) in [5, 5.41) is 6.01. The predicted octanol–water partition coefficient (Wildman–Crippen LogP) is 3.33. The van der Waals surface area contributed by atoms with Gasteiger partial charge in [0.05, 0.1) is 6.10 Å². The second-order valence-electron chi connectivity index (χ2n) is 10.6. The summed E-state index contributed by atoms with van der Waals surface area (Å²) in [4.78, 5) is 30.1. The number of nitrogens with one attached hydrogen (secondary N) is 1. The fourth-order valence-corrected chi connectivity index (χ4v) is 5.62. The number of nitrogens with zero attached hydrogens (tertiary/aromatic N) is 2. The molecule has 2 unspecified atom stereocenters. The van der Waals surface area contributed by atoms with E-state index in [2.05, 4.69) is 35.5 Å². The van der Waals surface area contributed by atoms with Crippen molar-refractivity contribution in [2.24, 2.45) is 5.92 Å². The van der Waals surface area contributed by atoms with Crippen LogP contribution in [0.2, 0.25) is 5.02 Å². The molecule has 0 aromatic heterocycles. The summed E-state index contributed by atoms with van der Waals surface area (Å²) < 4.78 is 5.77. The molecule has 0 radical (unpaired) electrons. The molecule has 2 atom stereocenters. The molecule has 0 saturated carbocycles. The Morgan fingerprint density at radius 2 is 1.89 bits per heavy atom. The van der Waals surface area contributed by atoms with Crippen LogP contribution < -0.4 is 15.8 Å². The number of rotatable bonds is 6. The molecule has 2 amide bonds. The molecule has 0 bridgehead atoms. The third-order valence-electron chi connectivity index (χ3n) is 7.90. The van der Waals surface area contributed by atoms with Gasteiger partial charge in [-0.15, -0.1) is 0 Å². The fourth-order valence-electron chi connectivity index (χ4n) is 5.50. The van der Waals surface area contributed by atoms with Crippen molar-refractivity contribution in [3.8, 4) is 0 Å². The van der Waals surface area contributed by atoms with Crippen molar-refractivity contribution in [1.82, 2.24) is 15.1 Å². The van der Waals surface area contributed by atoms with Gasteiger partial charge >= 0.3 is 0 Å². The maximum absolute atomic E-state index is 13.0. The van der Waals surface area contributed by atoms with E-state index in [0.29, 0.717) is 29.1 Å². The second kappa shape index (κ2) is 11.3. The monoisotopic (exact) mass is 521 g/mol. The predicted molar refractivity (Wildman–Crippen MR) is 147 cm³/mol. The Hall–Kier alpha value is -2.83. The summed E-state index contributed by atoms with van der Waals surface area (Å²) in [5.74, 6) is 0.436. The van der Waals surface area contributed by atoms with Crippen LogP contribution in [0.3, 0.4) is 0 Å². The van der Waals surface area contributed by atoms with E-state index in [1.54, 1.807) is 24.3 Å². The number of amides is 2. The van der Waals surface area contributed by atoms with E-state index in [0.717, 1.165) is 68.3 Å². The van der Waals surface area contributed by atoms with Crippen molar-refractivity contribution in [2.75, 3.05) is 32.8 Å². The molecule has 3 aliphatic heterocycles. The number of likely N-dealkylation sites (tertiary alicyclic amines) is 1. The lowest BCUT2D eigenvalue weighted by Gasteiger charge is -2.42. The summed E-state index contributed by atoms with van der Waals surface area (Å²) in [6.45, 7) is 8.00. The number of hydrogen-bond donors (Lipinski definition) is 1. The minimum atomic E-state index is -0.0398. The van der Waals surface area contributed by atoms with Crippen molar-refractivity contribution < 1.29 is 14.3 Å². The molecule has 2 fully saturated rings. The topological polar surface area (TPSA) is 61.9 Å². The van der Waals surface area contributed by atoms with Crippen LogP contribution in [0.15, 0.2) is 36.4 Å². The first kappa shape index (κ1) is 25.8. The van der Waals surface area contributed by atoms with E-state index < -0.39 is 0 Å². The number of carbonyl (C=O) groups is 2. The van der Waals surface area contributed by atoms with Gasteiger partial charge in [-0.1, -0.05) is 23.7 Å². The summed E-state index contributed by atoms with van der Waals surface area (Å²) in [7, 11) is 0. The minimum Gasteiger partial charge on any atom is -0.376 e. The summed E-state index contributed by atoms with van der Waals surface area (Å²) in [5.41, 5.74) is 2.40. The van der Waals surface area contributed by atoms with E-state index in [-0.39, 0.29) is 17.9 Å². The van der Waals surface area contributed by atoms with Crippen LogP contribution in [0.25, 0.3) is 12.3 Å². The summed E-state index contributed by atoms with van der Waals surface area (Å²) in [6.07, 6.45) is 8.82. The summed E-state index contributed by atoms with van der Waals surface area (Å²) >= 11 is 5.96. The number of halogens is 1. The van der Waals surface area contributed by atoms with Crippen molar-refractivity contribution in [3.63, 3.8) is 0 Å². The summed E-state index contributed by atoms with van der Waals surface area (Å²) in [6, 6.07) is 11.4. The Morgan fingerprint density at radius 1 is 1.11 bits per heavy atom. The average Bonchev–Trinajstić information content (AvgIpc) is 3.04. The van der Waals surface area contributed by atoms with Crippen LogP contribution in [0.4, 0.5) is 0 Å². The molecule has 2 aromatic rings. The average molecular weight is 522 g/mol. The lowest BCUT2D eigenvalue weighted by atomic mass is 9.97. The van der Waals surface area contributed by atoms with E-state index in [4.69, 9.17) is 16.3 Å². The van der Waals surface area contributed by atoms with E-state index >= 15 is 0 Å². The Balaban J connectivity index is 1.26. The van der Waals surface area contributed by atoms with Crippen LogP contribution in [-0.4, -0.2) is 66.5 Å². The van der Waals surface area contributed by atoms with Gasteiger partial charge in [-0.05, 0) is 80.6 Å². The Labute approximate surface area is 223 Å². The number of fused-ring (bicyclic) bond motifs is 1.